The first-order valence-electron chi connectivity index (χ1n) is 6.54. The van der Waals surface area contributed by atoms with Gasteiger partial charge in [0.1, 0.15) is 23.7 Å². The SMILES string of the molecule is OCCOc1ccc(Nc2ccc3nccnc3n2)cc1. The predicted molar refractivity (Wildman–Crippen MR) is 79.6 cm³/mol. The van der Waals surface area contributed by atoms with Crippen molar-refractivity contribution < 1.29 is 9.84 Å². The normalized spacial score (nSPS) is 10.5. The van der Waals surface area contributed by atoms with Crippen LogP contribution in [0.25, 0.3) is 11.2 Å². The van der Waals surface area contributed by atoms with Crippen LogP contribution in [0.3, 0.4) is 0 Å². The van der Waals surface area contributed by atoms with Crippen LogP contribution in [-0.2, 0) is 0 Å². The lowest BCUT2D eigenvalue weighted by atomic mass is 10.3. The maximum Gasteiger partial charge on any atom is 0.180 e. The lowest BCUT2D eigenvalue weighted by Crippen LogP contribution is -2.01. The standard InChI is InChI=1S/C15H14N4O2/c20-9-10-21-12-3-1-11(2-4-12)18-14-6-5-13-15(19-14)17-8-7-16-13/h1-8,20H,9-10H2,(H,17,18,19). The van der Waals surface area contributed by atoms with E-state index in [1.54, 1.807) is 12.4 Å². The van der Waals surface area contributed by atoms with Crippen molar-refractivity contribution >= 4 is 22.7 Å². The van der Waals surface area contributed by atoms with Gasteiger partial charge in [-0.1, -0.05) is 0 Å². The molecule has 0 saturated carbocycles. The Hall–Kier alpha value is -2.73. The molecule has 6 nitrogen and oxygen atoms in total. The minimum absolute atomic E-state index is 0.00203. The first kappa shape index (κ1) is 13.3. The number of nitrogens with one attached hydrogen (secondary N) is 1. The van der Waals surface area contributed by atoms with E-state index in [9.17, 15) is 0 Å². The fourth-order valence-corrected chi connectivity index (χ4v) is 1.87. The van der Waals surface area contributed by atoms with Gasteiger partial charge in [0.15, 0.2) is 5.65 Å². The Balaban J connectivity index is 1.75. The van der Waals surface area contributed by atoms with Crippen LogP contribution in [0.2, 0.25) is 0 Å². The molecule has 106 valence electrons. The Morgan fingerprint density at radius 2 is 1.81 bits per heavy atom. The number of hydrogen-bond donors (Lipinski definition) is 2. The number of aliphatic hydroxyl groups excluding tert-OH is 1. The van der Waals surface area contributed by atoms with Crippen molar-refractivity contribution in [3.8, 4) is 5.75 Å². The average Bonchev–Trinajstić information content (AvgIpc) is 2.54. The van der Waals surface area contributed by atoms with Gasteiger partial charge in [-0.2, -0.15) is 0 Å². The van der Waals surface area contributed by atoms with Crippen LogP contribution in [0, 0.1) is 0 Å². The van der Waals surface area contributed by atoms with Gasteiger partial charge in [-0.05, 0) is 36.4 Å². The van der Waals surface area contributed by atoms with Crippen LogP contribution in [0.15, 0.2) is 48.8 Å². The number of anilines is 2. The van der Waals surface area contributed by atoms with Crippen molar-refractivity contribution in [1.29, 1.82) is 0 Å². The lowest BCUT2D eigenvalue weighted by Gasteiger charge is -2.08. The molecule has 0 unspecified atom stereocenters. The monoisotopic (exact) mass is 282 g/mol. The molecule has 0 aliphatic heterocycles. The second-order valence-corrected chi connectivity index (χ2v) is 4.32. The van der Waals surface area contributed by atoms with Crippen molar-refractivity contribution in [3.63, 3.8) is 0 Å². The van der Waals surface area contributed by atoms with E-state index in [0.29, 0.717) is 17.2 Å². The number of rotatable bonds is 5. The number of fused-ring (bicyclic) bond motifs is 1. The molecule has 3 rings (SSSR count). The van der Waals surface area contributed by atoms with Gasteiger partial charge in [-0.15, -0.1) is 0 Å². The fraction of sp³-hybridized carbons (Fsp3) is 0.133. The number of hydrogen-bond acceptors (Lipinski definition) is 6. The van der Waals surface area contributed by atoms with Gasteiger partial charge in [0.05, 0.1) is 6.61 Å². The molecule has 0 radical (unpaired) electrons. The largest absolute Gasteiger partial charge is 0.491 e. The molecule has 2 aromatic heterocycles. The Bertz CT molecular complexity index is 731. The average molecular weight is 282 g/mol. The zero-order valence-corrected chi connectivity index (χ0v) is 11.2. The first-order chi connectivity index (χ1) is 10.3. The Morgan fingerprint density at radius 1 is 1.00 bits per heavy atom. The molecule has 21 heavy (non-hydrogen) atoms. The first-order valence-corrected chi connectivity index (χ1v) is 6.54. The second kappa shape index (κ2) is 6.15. The third-order valence-corrected chi connectivity index (χ3v) is 2.82. The van der Waals surface area contributed by atoms with Crippen LogP contribution in [0.1, 0.15) is 0 Å². The van der Waals surface area contributed by atoms with E-state index in [-0.39, 0.29) is 13.2 Å². The summed E-state index contributed by atoms with van der Waals surface area (Å²) in [5.74, 6) is 1.42. The summed E-state index contributed by atoms with van der Waals surface area (Å²) in [4.78, 5) is 12.7. The van der Waals surface area contributed by atoms with Crippen molar-refractivity contribution in [2.45, 2.75) is 0 Å². The molecule has 0 amide bonds. The molecule has 2 N–H and O–H groups in total. The molecular weight excluding hydrogens is 268 g/mol. The maximum atomic E-state index is 8.71. The number of ether oxygens (including phenoxy) is 1. The fourth-order valence-electron chi connectivity index (χ4n) is 1.87. The lowest BCUT2D eigenvalue weighted by molar-refractivity contribution is 0.201. The van der Waals surface area contributed by atoms with Gasteiger partial charge in [-0.3, -0.25) is 4.98 Å². The molecule has 1 aromatic carbocycles. The van der Waals surface area contributed by atoms with Gasteiger partial charge in [0.25, 0.3) is 0 Å². The van der Waals surface area contributed by atoms with E-state index in [0.717, 1.165) is 11.2 Å². The summed E-state index contributed by atoms with van der Waals surface area (Å²) in [6.45, 7) is 0.291. The number of pyridine rings is 1. The van der Waals surface area contributed by atoms with E-state index >= 15 is 0 Å². The van der Waals surface area contributed by atoms with Crippen LogP contribution >= 0.6 is 0 Å². The van der Waals surface area contributed by atoms with Crippen LogP contribution in [0.5, 0.6) is 5.75 Å². The molecule has 3 aromatic rings. The molecule has 0 spiro atoms. The molecule has 0 bridgehead atoms. The van der Waals surface area contributed by atoms with Crippen LogP contribution in [0.4, 0.5) is 11.5 Å². The molecule has 0 aliphatic rings. The number of benzene rings is 1. The van der Waals surface area contributed by atoms with Crippen molar-refractivity contribution in [3.05, 3.63) is 48.8 Å². The van der Waals surface area contributed by atoms with Gasteiger partial charge < -0.3 is 15.2 Å². The Labute approximate surface area is 121 Å². The van der Waals surface area contributed by atoms with Crippen LogP contribution in [-0.4, -0.2) is 33.3 Å². The number of aliphatic hydroxyl groups is 1. The number of nitrogens with zero attached hydrogens (tertiary/aromatic N) is 3. The topological polar surface area (TPSA) is 80.2 Å². The zero-order valence-electron chi connectivity index (χ0n) is 11.2. The highest BCUT2D eigenvalue weighted by molar-refractivity contribution is 5.72. The van der Waals surface area contributed by atoms with E-state index in [1.807, 2.05) is 36.4 Å². The summed E-state index contributed by atoms with van der Waals surface area (Å²) in [6, 6.07) is 11.2. The van der Waals surface area contributed by atoms with Gasteiger partial charge in [-0.25, -0.2) is 9.97 Å². The second-order valence-electron chi connectivity index (χ2n) is 4.32. The van der Waals surface area contributed by atoms with Crippen LogP contribution < -0.4 is 10.1 Å². The minimum atomic E-state index is 0.00203. The Morgan fingerprint density at radius 3 is 2.62 bits per heavy atom. The summed E-state index contributed by atoms with van der Waals surface area (Å²) >= 11 is 0. The Kier molecular flexibility index (Phi) is 3.88. The third kappa shape index (κ3) is 3.24. The van der Waals surface area contributed by atoms with Crippen molar-refractivity contribution in [2.24, 2.45) is 0 Å². The quantitative estimate of drug-likeness (QED) is 0.746. The van der Waals surface area contributed by atoms with Crippen molar-refractivity contribution in [2.75, 3.05) is 18.5 Å². The highest BCUT2D eigenvalue weighted by Gasteiger charge is 2.01. The van der Waals surface area contributed by atoms with Gasteiger partial charge in [0.2, 0.25) is 0 Å². The van der Waals surface area contributed by atoms with E-state index < -0.39 is 0 Å². The van der Waals surface area contributed by atoms with Gasteiger partial charge in [0, 0.05) is 18.1 Å². The minimum Gasteiger partial charge on any atom is -0.491 e. The number of aromatic nitrogens is 3. The highest BCUT2D eigenvalue weighted by atomic mass is 16.5. The summed E-state index contributed by atoms with van der Waals surface area (Å²) in [7, 11) is 0. The summed E-state index contributed by atoms with van der Waals surface area (Å²) in [5.41, 5.74) is 2.25. The van der Waals surface area contributed by atoms with E-state index in [1.165, 1.54) is 0 Å². The maximum absolute atomic E-state index is 8.71. The molecular formula is C15H14N4O2. The molecule has 0 saturated heterocycles. The summed E-state index contributed by atoms with van der Waals surface area (Å²) < 4.78 is 5.31. The predicted octanol–water partition coefficient (Wildman–Crippen LogP) is 2.14. The van der Waals surface area contributed by atoms with E-state index in [4.69, 9.17) is 9.84 Å². The van der Waals surface area contributed by atoms with Crippen molar-refractivity contribution in [1.82, 2.24) is 15.0 Å². The zero-order chi connectivity index (χ0) is 14.5. The molecule has 2 heterocycles. The summed E-state index contributed by atoms with van der Waals surface area (Å²) in [6.07, 6.45) is 3.26. The highest BCUT2D eigenvalue weighted by Crippen LogP contribution is 2.20. The van der Waals surface area contributed by atoms with Gasteiger partial charge >= 0.3 is 0 Å². The molecule has 6 heteroatoms. The summed E-state index contributed by atoms with van der Waals surface area (Å²) in [5, 5.41) is 11.9. The van der Waals surface area contributed by atoms with E-state index in [2.05, 4.69) is 20.3 Å². The smallest absolute Gasteiger partial charge is 0.180 e. The molecule has 0 fully saturated rings. The molecule has 0 aliphatic carbocycles. The molecule has 0 atom stereocenters. The third-order valence-electron chi connectivity index (χ3n) is 2.82.